The highest BCUT2D eigenvalue weighted by Crippen LogP contribution is 2.24. The zero-order valence-electron chi connectivity index (χ0n) is 14.5. The maximum absolute atomic E-state index is 12.2. The van der Waals surface area contributed by atoms with Gasteiger partial charge in [-0.05, 0) is 56.2 Å². The molecule has 1 heterocycles. The van der Waals surface area contributed by atoms with Crippen LogP contribution in [0.2, 0.25) is 0 Å². The fourth-order valence-electron chi connectivity index (χ4n) is 3.23. The van der Waals surface area contributed by atoms with Crippen molar-refractivity contribution >= 4 is 5.91 Å². The maximum Gasteiger partial charge on any atom is 0.346 e. The van der Waals surface area contributed by atoms with Gasteiger partial charge >= 0.3 is 5.69 Å². The third-order valence-electron chi connectivity index (χ3n) is 4.80. The fraction of sp³-hybridized carbons (Fsp3) is 0.500. The van der Waals surface area contributed by atoms with Gasteiger partial charge in [0.15, 0.2) is 0 Å². The summed E-state index contributed by atoms with van der Waals surface area (Å²) in [4.78, 5) is 24.2. The van der Waals surface area contributed by atoms with Crippen molar-refractivity contribution in [2.75, 3.05) is 0 Å². The quantitative estimate of drug-likeness (QED) is 0.928. The van der Waals surface area contributed by atoms with Crippen LogP contribution in [0.25, 0.3) is 0 Å². The van der Waals surface area contributed by atoms with Gasteiger partial charge in [-0.3, -0.25) is 9.36 Å². The van der Waals surface area contributed by atoms with Gasteiger partial charge in [-0.1, -0.05) is 18.2 Å². The SMILES string of the molecule is Cc1nn(CC(=O)NC(C)c2ccc3c(c2)CCCC3)c(=O)n1C. The van der Waals surface area contributed by atoms with E-state index in [1.54, 1.807) is 14.0 Å². The van der Waals surface area contributed by atoms with Gasteiger partial charge in [0.05, 0.1) is 6.04 Å². The minimum atomic E-state index is -0.274. The minimum Gasteiger partial charge on any atom is -0.348 e. The predicted molar refractivity (Wildman–Crippen MR) is 91.8 cm³/mol. The number of nitrogens with one attached hydrogen (secondary N) is 1. The summed E-state index contributed by atoms with van der Waals surface area (Å²) in [6.07, 6.45) is 4.76. The topological polar surface area (TPSA) is 68.9 Å². The molecule has 24 heavy (non-hydrogen) atoms. The lowest BCUT2D eigenvalue weighted by Crippen LogP contribution is -2.34. The van der Waals surface area contributed by atoms with Crippen LogP contribution in [0.1, 0.15) is 48.3 Å². The number of carbonyl (C=O) groups is 1. The largest absolute Gasteiger partial charge is 0.348 e. The highest BCUT2D eigenvalue weighted by Gasteiger charge is 2.16. The van der Waals surface area contributed by atoms with Crippen LogP contribution in [0.5, 0.6) is 0 Å². The van der Waals surface area contributed by atoms with E-state index >= 15 is 0 Å². The van der Waals surface area contributed by atoms with E-state index in [1.165, 1.54) is 33.2 Å². The van der Waals surface area contributed by atoms with Crippen LogP contribution < -0.4 is 11.0 Å². The van der Waals surface area contributed by atoms with Crippen molar-refractivity contribution in [1.29, 1.82) is 0 Å². The summed E-state index contributed by atoms with van der Waals surface area (Å²) in [5, 5.41) is 7.05. The Morgan fingerprint density at radius 1 is 1.29 bits per heavy atom. The van der Waals surface area contributed by atoms with Gasteiger partial charge < -0.3 is 5.32 Å². The number of amides is 1. The van der Waals surface area contributed by atoms with Gasteiger partial charge in [0.25, 0.3) is 0 Å². The molecule has 1 aromatic heterocycles. The number of carbonyl (C=O) groups excluding carboxylic acids is 1. The Morgan fingerprint density at radius 3 is 2.67 bits per heavy atom. The molecule has 1 unspecified atom stereocenters. The van der Waals surface area contributed by atoms with Crippen LogP contribution in [-0.2, 0) is 31.2 Å². The van der Waals surface area contributed by atoms with E-state index in [4.69, 9.17) is 0 Å². The molecule has 0 spiro atoms. The molecular weight excluding hydrogens is 304 g/mol. The molecule has 0 saturated heterocycles. The van der Waals surface area contributed by atoms with Crippen LogP contribution in [0.4, 0.5) is 0 Å². The standard InChI is InChI=1S/C18H24N4O2/c1-12(15-9-8-14-6-4-5-7-16(14)10-15)19-17(23)11-22-18(24)21(3)13(2)20-22/h8-10,12H,4-7,11H2,1-3H3,(H,19,23). The summed E-state index contributed by atoms with van der Waals surface area (Å²) in [6, 6.07) is 6.38. The second-order valence-electron chi connectivity index (χ2n) is 6.57. The lowest BCUT2D eigenvalue weighted by atomic mass is 9.89. The number of aromatic nitrogens is 3. The van der Waals surface area contributed by atoms with Crippen LogP contribution in [-0.4, -0.2) is 20.3 Å². The molecule has 1 aliphatic rings. The lowest BCUT2D eigenvalue weighted by molar-refractivity contribution is -0.122. The van der Waals surface area contributed by atoms with Gasteiger partial charge in [-0.2, -0.15) is 5.10 Å². The Labute approximate surface area is 141 Å². The highest BCUT2D eigenvalue weighted by molar-refractivity contribution is 5.76. The minimum absolute atomic E-state index is 0.0597. The van der Waals surface area contributed by atoms with Crippen LogP contribution in [0, 0.1) is 6.92 Å². The zero-order chi connectivity index (χ0) is 17.3. The summed E-state index contributed by atoms with van der Waals surface area (Å²) in [5.41, 5.74) is 3.66. The van der Waals surface area contributed by atoms with Crippen molar-refractivity contribution in [1.82, 2.24) is 19.7 Å². The average molecular weight is 328 g/mol. The van der Waals surface area contributed by atoms with Crippen molar-refractivity contribution in [3.63, 3.8) is 0 Å². The molecule has 6 nitrogen and oxygen atoms in total. The van der Waals surface area contributed by atoms with E-state index in [-0.39, 0.29) is 24.2 Å². The molecule has 1 aromatic carbocycles. The van der Waals surface area contributed by atoms with Gasteiger partial charge in [0, 0.05) is 7.05 Å². The van der Waals surface area contributed by atoms with Crippen molar-refractivity contribution in [3.8, 4) is 0 Å². The van der Waals surface area contributed by atoms with E-state index in [9.17, 15) is 9.59 Å². The third kappa shape index (κ3) is 3.27. The second kappa shape index (κ2) is 6.63. The zero-order valence-corrected chi connectivity index (χ0v) is 14.5. The van der Waals surface area contributed by atoms with E-state index in [0.29, 0.717) is 5.82 Å². The van der Waals surface area contributed by atoms with E-state index in [1.807, 2.05) is 6.92 Å². The molecule has 0 saturated carbocycles. The molecule has 0 bridgehead atoms. The molecule has 3 rings (SSSR count). The smallest absolute Gasteiger partial charge is 0.346 e. The monoisotopic (exact) mass is 328 g/mol. The molecule has 0 aliphatic heterocycles. The normalized spacial score (nSPS) is 15.0. The van der Waals surface area contributed by atoms with Crippen LogP contribution in [0.15, 0.2) is 23.0 Å². The van der Waals surface area contributed by atoms with Gasteiger partial charge in [0.1, 0.15) is 12.4 Å². The van der Waals surface area contributed by atoms with Crippen LogP contribution >= 0.6 is 0 Å². The first-order valence-electron chi connectivity index (χ1n) is 8.47. The molecule has 6 heteroatoms. The molecule has 1 aliphatic carbocycles. The predicted octanol–water partition coefficient (Wildman–Crippen LogP) is 1.65. The van der Waals surface area contributed by atoms with E-state index < -0.39 is 0 Å². The summed E-state index contributed by atoms with van der Waals surface area (Å²) in [7, 11) is 1.65. The number of hydrogen-bond donors (Lipinski definition) is 1. The number of aryl methyl sites for hydroxylation is 3. The number of nitrogens with zero attached hydrogens (tertiary/aromatic N) is 3. The summed E-state index contributed by atoms with van der Waals surface area (Å²) in [6.45, 7) is 3.65. The molecule has 1 N–H and O–H groups in total. The van der Waals surface area contributed by atoms with Crippen molar-refractivity contribution < 1.29 is 4.79 Å². The van der Waals surface area contributed by atoms with Crippen molar-refractivity contribution in [3.05, 3.63) is 51.2 Å². The van der Waals surface area contributed by atoms with Gasteiger partial charge in [-0.15, -0.1) is 0 Å². The fourth-order valence-corrected chi connectivity index (χ4v) is 3.23. The Bertz CT molecular complexity index is 819. The average Bonchev–Trinajstić information content (AvgIpc) is 2.81. The Kier molecular flexibility index (Phi) is 4.55. The number of benzene rings is 1. The highest BCUT2D eigenvalue weighted by atomic mass is 16.2. The molecule has 0 fully saturated rings. The first-order chi connectivity index (χ1) is 11.5. The molecule has 2 aromatic rings. The maximum atomic E-state index is 12.2. The number of rotatable bonds is 4. The Hall–Kier alpha value is -2.37. The summed E-state index contributed by atoms with van der Waals surface area (Å²) >= 11 is 0. The van der Waals surface area contributed by atoms with Crippen LogP contribution in [0.3, 0.4) is 0 Å². The Morgan fingerprint density at radius 2 is 2.00 bits per heavy atom. The van der Waals surface area contributed by atoms with E-state index in [2.05, 4.69) is 28.6 Å². The third-order valence-corrected chi connectivity index (χ3v) is 4.80. The van der Waals surface area contributed by atoms with Gasteiger partial charge in [-0.25, -0.2) is 9.48 Å². The molecular formula is C18H24N4O2. The molecule has 128 valence electrons. The first-order valence-corrected chi connectivity index (χ1v) is 8.47. The molecule has 0 radical (unpaired) electrons. The number of hydrogen-bond acceptors (Lipinski definition) is 3. The second-order valence-corrected chi connectivity index (χ2v) is 6.57. The number of fused-ring (bicyclic) bond motifs is 1. The van der Waals surface area contributed by atoms with Crippen molar-refractivity contribution in [2.45, 2.75) is 52.1 Å². The van der Waals surface area contributed by atoms with Gasteiger partial charge in [0.2, 0.25) is 5.91 Å². The summed E-state index contributed by atoms with van der Waals surface area (Å²) in [5.74, 6) is 0.385. The Balaban J connectivity index is 1.67. The molecule has 1 atom stereocenters. The summed E-state index contributed by atoms with van der Waals surface area (Å²) < 4.78 is 2.63. The van der Waals surface area contributed by atoms with E-state index in [0.717, 1.165) is 18.4 Å². The lowest BCUT2D eigenvalue weighted by Gasteiger charge is -2.20. The van der Waals surface area contributed by atoms with Crippen molar-refractivity contribution in [2.24, 2.45) is 7.05 Å². The first kappa shape index (κ1) is 16.5. The molecule has 1 amide bonds.